The minimum atomic E-state index is 0.655. The monoisotopic (exact) mass is 403 g/mol. The van der Waals surface area contributed by atoms with E-state index in [4.69, 9.17) is 10.7 Å². The number of nitrogen functional groups attached to an aromatic ring is 1. The summed E-state index contributed by atoms with van der Waals surface area (Å²) in [6.45, 7) is 3.95. The standard InChI is InChI=1S/C21H21N7S/c22-17-13-26-28-14-16(11-18(21(17)28)29-20-3-1-2-6-24-20)15-4-5-19(25-12-15)27-9-7-23-8-10-27/h1-6,11-14,23H,7-10,22H2. The van der Waals surface area contributed by atoms with Crippen molar-refractivity contribution in [2.24, 2.45) is 0 Å². The van der Waals surface area contributed by atoms with E-state index < -0.39 is 0 Å². The lowest BCUT2D eigenvalue weighted by Gasteiger charge is -2.28. The first-order chi connectivity index (χ1) is 14.3. The van der Waals surface area contributed by atoms with Crippen LogP contribution in [0.4, 0.5) is 11.5 Å². The van der Waals surface area contributed by atoms with Gasteiger partial charge in [0.2, 0.25) is 0 Å². The smallest absolute Gasteiger partial charge is 0.128 e. The molecule has 0 unspecified atom stereocenters. The highest BCUT2D eigenvalue weighted by Crippen LogP contribution is 2.35. The molecule has 7 nitrogen and oxygen atoms in total. The Labute approximate surface area is 173 Å². The van der Waals surface area contributed by atoms with Crippen LogP contribution in [0.1, 0.15) is 0 Å². The molecule has 4 aromatic heterocycles. The van der Waals surface area contributed by atoms with E-state index >= 15 is 0 Å². The average molecular weight is 404 g/mol. The SMILES string of the molecule is Nc1cnn2cc(-c3ccc(N4CCNCC4)nc3)cc(Sc3ccccn3)c12. The predicted octanol–water partition coefficient (Wildman–Crippen LogP) is 2.93. The summed E-state index contributed by atoms with van der Waals surface area (Å²) in [6.07, 6.45) is 7.41. The molecule has 0 aromatic carbocycles. The molecule has 5 heterocycles. The molecule has 1 saturated heterocycles. The Bertz CT molecular complexity index is 1120. The van der Waals surface area contributed by atoms with Crippen molar-refractivity contribution in [3.05, 3.63) is 61.2 Å². The number of fused-ring (bicyclic) bond motifs is 1. The van der Waals surface area contributed by atoms with Crippen molar-refractivity contribution >= 4 is 28.8 Å². The summed E-state index contributed by atoms with van der Waals surface area (Å²) in [7, 11) is 0. The van der Waals surface area contributed by atoms with Crippen LogP contribution in [0.3, 0.4) is 0 Å². The molecule has 1 fully saturated rings. The maximum atomic E-state index is 6.18. The van der Waals surface area contributed by atoms with Gasteiger partial charge >= 0.3 is 0 Å². The normalized spacial score (nSPS) is 14.4. The van der Waals surface area contributed by atoms with Crippen LogP contribution in [0.2, 0.25) is 0 Å². The van der Waals surface area contributed by atoms with Crippen LogP contribution in [-0.4, -0.2) is 45.8 Å². The Morgan fingerprint density at radius 1 is 1.00 bits per heavy atom. The van der Waals surface area contributed by atoms with Crippen LogP contribution in [0.25, 0.3) is 16.6 Å². The number of rotatable bonds is 4. The molecule has 5 rings (SSSR count). The molecular weight excluding hydrogens is 382 g/mol. The van der Waals surface area contributed by atoms with Crippen LogP contribution in [0.15, 0.2) is 71.1 Å². The van der Waals surface area contributed by atoms with E-state index in [1.54, 1.807) is 24.2 Å². The minimum Gasteiger partial charge on any atom is -0.396 e. The van der Waals surface area contributed by atoms with Gasteiger partial charge in [-0.05, 0) is 30.3 Å². The second-order valence-electron chi connectivity index (χ2n) is 6.90. The van der Waals surface area contributed by atoms with E-state index in [0.717, 1.165) is 58.6 Å². The fraction of sp³-hybridized carbons (Fsp3) is 0.190. The van der Waals surface area contributed by atoms with E-state index in [1.807, 2.05) is 35.1 Å². The zero-order valence-corrected chi connectivity index (χ0v) is 16.6. The Kier molecular flexibility index (Phi) is 4.79. The molecule has 0 saturated carbocycles. The van der Waals surface area contributed by atoms with Crippen LogP contribution in [-0.2, 0) is 0 Å². The van der Waals surface area contributed by atoms with Gasteiger partial charge < -0.3 is 16.0 Å². The Morgan fingerprint density at radius 3 is 2.66 bits per heavy atom. The molecule has 0 atom stereocenters. The number of hydrogen-bond donors (Lipinski definition) is 2. The molecule has 4 aromatic rings. The number of nitrogens with two attached hydrogens (primary N) is 1. The van der Waals surface area contributed by atoms with Gasteiger partial charge in [-0.1, -0.05) is 17.8 Å². The maximum Gasteiger partial charge on any atom is 0.128 e. The van der Waals surface area contributed by atoms with Crippen molar-refractivity contribution in [2.75, 3.05) is 36.8 Å². The summed E-state index contributed by atoms with van der Waals surface area (Å²) in [6, 6.07) is 12.2. The third kappa shape index (κ3) is 3.64. The quantitative estimate of drug-likeness (QED) is 0.542. The van der Waals surface area contributed by atoms with E-state index in [2.05, 4.69) is 38.5 Å². The molecule has 0 bridgehead atoms. The van der Waals surface area contributed by atoms with Crippen LogP contribution in [0.5, 0.6) is 0 Å². The Morgan fingerprint density at radius 2 is 1.90 bits per heavy atom. The lowest BCUT2D eigenvalue weighted by molar-refractivity contribution is 0.585. The van der Waals surface area contributed by atoms with Crippen molar-refractivity contribution in [3.63, 3.8) is 0 Å². The van der Waals surface area contributed by atoms with E-state index in [0.29, 0.717) is 5.69 Å². The number of hydrogen-bond acceptors (Lipinski definition) is 7. The van der Waals surface area contributed by atoms with Crippen LogP contribution >= 0.6 is 11.8 Å². The molecule has 0 aliphatic carbocycles. The third-order valence-corrected chi connectivity index (χ3v) is 5.96. The summed E-state index contributed by atoms with van der Waals surface area (Å²) in [5.41, 5.74) is 9.82. The van der Waals surface area contributed by atoms with Gasteiger partial charge in [0.15, 0.2) is 0 Å². The van der Waals surface area contributed by atoms with E-state index in [1.165, 1.54) is 0 Å². The van der Waals surface area contributed by atoms with Crippen molar-refractivity contribution < 1.29 is 0 Å². The fourth-order valence-electron chi connectivity index (χ4n) is 3.50. The first kappa shape index (κ1) is 18.0. The van der Waals surface area contributed by atoms with Crippen LogP contribution < -0.4 is 16.0 Å². The predicted molar refractivity (Wildman–Crippen MR) is 116 cm³/mol. The van der Waals surface area contributed by atoms with Gasteiger partial charge in [0.05, 0.1) is 11.9 Å². The summed E-state index contributed by atoms with van der Waals surface area (Å²) < 4.78 is 1.83. The fourth-order valence-corrected chi connectivity index (χ4v) is 4.48. The number of nitrogens with one attached hydrogen (secondary N) is 1. The number of pyridine rings is 3. The van der Waals surface area contributed by atoms with Gasteiger partial charge in [0.1, 0.15) is 16.4 Å². The molecule has 1 aliphatic rings. The number of piperazine rings is 1. The molecule has 1 aliphatic heterocycles. The van der Waals surface area contributed by atoms with E-state index in [-0.39, 0.29) is 0 Å². The lowest BCUT2D eigenvalue weighted by Crippen LogP contribution is -2.43. The molecule has 0 radical (unpaired) electrons. The van der Waals surface area contributed by atoms with Gasteiger partial charge in [0.25, 0.3) is 0 Å². The largest absolute Gasteiger partial charge is 0.396 e. The van der Waals surface area contributed by atoms with Gasteiger partial charge in [-0.15, -0.1) is 0 Å². The minimum absolute atomic E-state index is 0.655. The van der Waals surface area contributed by atoms with Crippen molar-refractivity contribution in [1.82, 2.24) is 24.9 Å². The average Bonchev–Trinajstić information content (AvgIpc) is 3.16. The van der Waals surface area contributed by atoms with Gasteiger partial charge in [0, 0.05) is 60.8 Å². The summed E-state index contributed by atoms with van der Waals surface area (Å²) >= 11 is 1.58. The van der Waals surface area contributed by atoms with Gasteiger partial charge in [-0.25, -0.2) is 14.5 Å². The lowest BCUT2D eigenvalue weighted by atomic mass is 10.1. The molecule has 0 amide bonds. The number of nitrogens with zero attached hydrogens (tertiary/aromatic N) is 5. The maximum absolute atomic E-state index is 6.18. The first-order valence-electron chi connectivity index (χ1n) is 9.56. The molecule has 8 heteroatoms. The Balaban J connectivity index is 1.51. The molecule has 146 valence electrons. The highest BCUT2D eigenvalue weighted by atomic mass is 32.2. The highest BCUT2D eigenvalue weighted by molar-refractivity contribution is 7.99. The molecule has 0 spiro atoms. The first-order valence-corrected chi connectivity index (χ1v) is 10.4. The zero-order chi connectivity index (χ0) is 19.6. The molecule has 29 heavy (non-hydrogen) atoms. The number of aromatic nitrogens is 4. The highest BCUT2D eigenvalue weighted by Gasteiger charge is 2.14. The molecular formula is C21H21N7S. The van der Waals surface area contributed by atoms with Gasteiger partial charge in [-0.2, -0.15) is 5.10 Å². The Hall–Kier alpha value is -3.10. The second kappa shape index (κ2) is 7.73. The second-order valence-corrected chi connectivity index (χ2v) is 7.96. The van der Waals surface area contributed by atoms with Crippen molar-refractivity contribution in [1.29, 1.82) is 0 Å². The van der Waals surface area contributed by atoms with Crippen molar-refractivity contribution in [2.45, 2.75) is 9.92 Å². The van der Waals surface area contributed by atoms with E-state index in [9.17, 15) is 0 Å². The topological polar surface area (TPSA) is 84.4 Å². The summed E-state index contributed by atoms with van der Waals surface area (Å²) in [5, 5.41) is 8.71. The molecule has 3 N–H and O–H groups in total. The van der Waals surface area contributed by atoms with Crippen molar-refractivity contribution in [3.8, 4) is 11.1 Å². The van der Waals surface area contributed by atoms with Crippen LogP contribution in [0, 0.1) is 0 Å². The summed E-state index contributed by atoms with van der Waals surface area (Å²) in [5.74, 6) is 1.02. The van der Waals surface area contributed by atoms with Gasteiger partial charge in [-0.3, -0.25) is 0 Å². The summed E-state index contributed by atoms with van der Waals surface area (Å²) in [4.78, 5) is 12.5. The third-order valence-electron chi connectivity index (χ3n) is 4.98. The zero-order valence-electron chi connectivity index (χ0n) is 15.8. The number of anilines is 2.